The molecule has 2 aromatic rings. The van der Waals surface area contributed by atoms with E-state index < -0.39 is 5.91 Å². The maximum absolute atomic E-state index is 12.2. The van der Waals surface area contributed by atoms with Gasteiger partial charge in [0.05, 0.1) is 5.69 Å². The Labute approximate surface area is 181 Å². The van der Waals surface area contributed by atoms with Crippen LogP contribution in [-0.4, -0.2) is 29.6 Å². The molecule has 1 aliphatic rings. The maximum Gasteiger partial charge on any atom is 0.287 e. The summed E-state index contributed by atoms with van der Waals surface area (Å²) < 4.78 is 0. The SMILES string of the molecule is CNC(=O)C(=O)CCCCCCC(=O)Nc1nc(-c2ccc3c(c2)CCCC3)cs1. The highest BCUT2D eigenvalue weighted by Crippen LogP contribution is 2.29. The number of aryl methyl sites for hydroxylation is 2. The third-order valence-electron chi connectivity index (χ3n) is 5.43. The zero-order valence-electron chi connectivity index (χ0n) is 17.5. The van der Waals surface area contributed by atoms with E-state index in [1.165, 1.54) is 48.8 Å². The lowest BCUT2D eigenvalue weighted by molar-refractivity contribution is -0.137. The van der Waals surface area contributed by atoms with Gasteiger partial charge >= 0.3 is 0 Å². The monoisotopic (exact) mass is 427 g/mol. The number of hydrogen-bond acceptors (Lipinski definition) is 5. The lowest BCUT2D eigenvalue weighted by Gasteiger charge is -2.16. The van der Waals surface area contributed by atoms with Crippen molar-refractivity contribution in [3.8, 4) is 11.3 Å². The second-order valence-electron chi connectivity index (χ2n) is 7.69. The lowest BCUT2D eigenvalue weighted by atomic mass is 9.90. The fourth-order valence-corrected chi connectivity index (χ4v) is 4.45. The molecule has 2 N–H and O–H groups in total. The van der Waals surface area contributed by atoms with Gasteiger partial charge in [-0.3, -0.25) is 14.4 Å². The summed E-state index contributed by atoms with van der Waals surface area (Å²) in [5.74, 6) is -0.955. The number of unbranched alkanes of at least 4 members (excludes halogenated alkanes) is 3. The van der Waals surface area contributed by atoms with Crippen LogP contribution in [0.5, 0.6) is 0 Å². The number of likely N-dealkylation sites (N-methyl/N-ethyl adjacent to an activating group) is 1. The van der Waals surface area contributed by atoms with Crippen LogP contribution in [0.15, 0.2) is 23.6 Å². The van der Waals surface area contributed by atoms with Gasteiger partial charge in [0, 0.05) is 30.8 Å². The van der Waals surface area contributed by atoms with E-state index in [4.69, 9.17) is 0 Å². The molecule has 0 spiro atoms. The van der Waals surface area contributed by atoms with E-state index in [2.05, 4.69) is 33.8 Å². The molecule has 1 heterocycles. The van der Waals surface area contributed by atoms with Crippen molar-refractivity contribution in [1.82, 2.24) is 10.3 Å². The van der Waals surface area contributed by atoms with E-state index in [0.29, 0.717) is 18.0 Å². The molecule has 7 heteroatoms. The number of carbonyl (C=O) groups excluding carboxylic acids is 3. The minimum atomic E-state index is -0.535. The number of amides is 2. The van der Waals surface area contributed by atoms with Gasteiger partial charge in [0.15, 0.2) is 5.13 Å². The number of anilines is 1. The number of aromatic nitrogens is 1. The predicted molar refractivity (Wildman–Crippen MR) is 120 cm³/mol. The summed E-state index contributed by atoms with van der Waals surface area (Å²) in [6.45, 7) is 0. The van der Waals surface area contributed by atoms with Crippen molar-refractivity contribution in [3.63, 3.8) is 0 Å². The minimum Gasteiger partial charge on any atom is -0.353 e. The Balaban J connectivity index is 1.39. The molecule has 1 aliphatic carbocycles. The van der Waals surface area contributed by atoms with Crippen LogP contribution in [-0.2, 0) is 27.2 Å². The topological polar surface area (TPSA) is 88.2 Å². The van der Waals surface area contributed by atoms with Crippen LogP contribution in [0, 0.1) is 0 Å². The zero-order valence-corrected chi connectivity index (χ0v) is 18.3. The number of thiazole rings is 1. The second kappa shape index (κ2) is 11.0. The average molecular weight is 428 g/mol. The van der Waals surface area contributed by atoms with Crippen molar-refractivity contribution in [2.45, 2.75) is 64.2 Å². The second-order valence-corrected chi connectivity index (χ2v) is 8.55. The normalized spacial score (nSPS) is 12.8. The number of carbonyl (C=O) groups is 3. The van der Waals surface area contributed by atoms with E-state index >= 15 is 0 Å². The fraction of sp³-hybridized carbons (Fsp3) is 0.478. The van der Waals surface area contributed by atoms with E-state index in [1.54, 1.807) is 0 Å². The Bertz CT molecular complexity index is 907. The van der Waals surface area contributed by atoms with Crippen LogP contribution in [0.4, 0.5) is 5.13 Å². The van der Waals surface area contributed by atoms with Crippen molar-refractivity contribution in [3.05, 3.63) is 34.7 Å². The fourth-order valence-electron chi connectivity index (χ4n) is 3.72. The lowest BCUT2D eigenvalue weighted by Crippen LogP contribution is -2.27. The maximum atomic E-state index is 12.2. The van der Waals surface area contributed by atoms with Crippen molar-refractivity contribution in [1.29, 1.82) is 0 Å². The van der Waals surface area contributed by atoms with Gasteiger partial charge in [0.1, 0.15) is 0 Å². The van der Waals surface area contributed by atoms with E-state index in [1.807, 2.05) is 5.38 Å². The Kier molecular flexibility index (Phi) is 8.13. The summed E-state index contributed by atoms with van der Waals surface area (Å²) in [5, 5.41) is 7.84. The first-order valence-corrected chi connectivity index (χ1v) is 11.6. The van der Waals surface area contributed by atoms with Crippen molar-refractivity contribution >= 4 is 34.1 Å². The number of Topliss-reactive ketones (excluding diaryl/α,β-unsaturated/α-hetero) is 1. The summed E-state index contributed by atoms with van der Waals surface area (Å²) in [5.41, 5.74) is 4.89. The van der Waals surface area contributed by atoms with Gasteiger partial charge in [-0.15, -0.1) is 11.3 Å². The molecular weight excluding hydrogens is 398 g/mol. The standard InChI is InChI=1S/C23H29N3O3S/c1-24-22(29)20(27)10-4-2-3-5-11-21(28)26-23-25-19(15-30-23)18-13-12-16-8-6-7-9-17(16)14-18/h12-15H,2-11H2,1H3,(H,24,29)(H,25,26,28). The third-order valence-corrected chi connectivity index (χ3v) is 6.19. The summed E-state index contributed by atoms with van der Waals surface area (Å²) in [4.78, 5) is 39.3. The van der Waals surface area contributed by atoms with Crippen LogP contribution >= 0.6 is 11.3 Å². The van der Waals surface area contributed by atoms with E-state index in [0.717, 1.165) is 36.9 Å². The molecule has 0 fully saturated rings. The number of nitrogens with one attached hydrogen (secondary N) is 2. The number of rotatable bonds is 10. The molecule has 0 saturated heterocycles. The van der Waals surface area contributed by atoms with Gasteiger partial charge in [-0.2, -0.15) is 0 Å². The first kappa shape index (κ1) is 22.2. The van der Waals surface area contributed by atoms with Gasteiger partial charge in [-0.05, 0) is 55.7 Å². The number of hydrogen-bond donors (Lipinski definition) is 2. The molecule has 0 atom stereocenters. The summed E-state index contributed by atoms with van der Waals surface area (Å²) in [6, 6.07) is 6.58. The van der Waals surface area contributed by atoms with E-state index in [9.17, 15) is 14.4 Å². The summed E-state index contributed by atoms with van der Waals surface area (Å²) in [6.07, 6.45) is 8.62. The molecule has 160 valence electrons. The average Bonchev–Trinajstić information content (AvgIpc) is 3.23. The molecule has 6 nitrogen and oxygen atoms in total. The van der Waals surface area contributed by atoms with Crippen molar-refractivity contribution in [2.75, 3.05) is 12.4 Å². The highest BCUT2D eigenvalue weighted by atomic mass is 32.1. The van der Waals surface area contributed by atoms with Crippen LogP contribution in [0.1, 0.15) is 62.5 Å². The summed E-state index contributed by atoms with van der Waals surface area (Å²) in [7, 11) is 1.46. The Morgan fingerprint density at radius 2 is 1.73 bits per heavy atom. The van der Waals surface area contributed by atoms with E-state index in [-0.39, 0.29) is 18.1 Å². The number of nitrogens with zero attached hydrogens (tertiary/aromatic N) is 1. The molecule has 0 saturated carbocycles. The van der Waals surface area contributed by atoms with Crippen molar-refractivity contribution < 1.29 is 14.4 Å². The largest absolute Gasteiger partial charge is 0.353 e. The van der Waals surface area contributed by atoms with Gasteiger partial charge < -0.3 is 10.6 Å². The first-order chi connectivity index (χ1) is 14.6. The molecular formula is C23H29N3O3S. The molecule has 2 amide bonds. The highest BCUT2D eigenvalue weighted by molar-refractivity contribution is 7.14. The van der Waals surface area contributed by atoms with Gasteiger partial charge in [-0.1, -0.05) is 25.0 Å². The van der Waals surface area contributed by atoms with Crippen LogP contribution in [0.25, 0.3) is 11.3 Å². The molecule has 1 aromatic carbocycles. The van der Waals surface area contributed by atoms with Gasteiger partial charge in [0.2, 0.25) is 11.7 Å². The molecule has 3 rings (SSSR count). The summed E-state index contributed by atoms with van der Waals surface area (Å²) >= 11 is 1.45. The quantitative estimate of drug-likeness (QED) is 0.437. The highest BCUT2D eigenvalue weighted by Gasteiger charge is 2.13. The van der Waals surface area contributed by atoms with Crippen LogP contribution in [0.2, 0.25) is 0 Å². The molecule has 0 unspecified atom stereocenters. The minimum absolute atomic E-state index is 0.0391. The number of fused-ring (bicyclic) bond motifs is 1. The van der Waals surface area contributed by atoms with Crippen molar-refractivity contribution in [2.24, 2.45) is 0 Å². The molecule has 30 heavy (non-hydrogen) atoms. The third kappa shape index (κ3) is 6.23. The molecule has 1 aromatic heterocycles. The number of ketones is 1. The van der Waals surface area contributed by atoms with Crippen LogP contribution in [0.3, 0.4) is 0 Å². The molecule has 0 radical (unpaired) electrons. The Hall–Kier alpha value is -2.54. The van der Waals surface area contributed by atoms with Gasteiger partial charge in [0.25, 0.3) is 5.91 Å². The molecule has 0 aliphatic heterocycles. The smallest absolute Gasteiger partial charge is 0.287 e. The van der Waals surface area contributed by atoms with Gasteiger partial charge in [-0.25, -0.2) is 4.98 Å². The predicted octanol–water partition coefficient (Wildman–Crippen LogP) is 4.28. The zero-order chi connectivity index (χ0) is 21.3. The Morgan fingerprint density at radius 3 is 2.50 bits per heavy atom. The molecule has 0 bridgehead atoms. The number of benzene rings is 1. The first-order valence-electron chi connectivity index (χ1n) is 10.7. The van der Waals surface area contributed by atoms with Crippen LogP contribution < -0.4 is 10.6 Å². The Morgan fingerprint density at radius 1 is 1.00 bits per heavy atom.